The van der Waals surface area contributed by atoms with Crippen molar-refractivity contribution >= 4 is 35.1 Å². The zero-order valence-electron chi connectivity index (χ0n) is 15.3. The van der Waals surface area contributed by atoms with Gasteiger partial charge >= 0.3 is 5.97 Å². The second-order valence-electron chi connectivity index (χ2n) is 6.60. The lowest BCUT2D eigenvalue weighted by Crippen LogP contribution is -2.51. The molecule has 0 bridgehead atoms. The van der Waals surface area contributed by atoms with E-state index in [1.54, 1.807) is 19.2 Å². The molecule has 0 radical (unpaired) electrons. The van der Waals surface area contributed by atoms with Gasteiger partial charge in [0.25, 0.3) is 5.91 Å². The average molecular weight is 413 g/mol. The summed E-state index contributed by atoms with van der Waals surface area (Å²) in [5.41, 5.74) is -0.819. The van der Waals surface area contributed by atoms with Crippen LogP contribution in [0.15, 0.2) is 18.2 Å². The van der Waals surface area contributed by atoms with Gasteiger partial charge in [0.2, 0.25) is 0 Å². The Kier molecular flexibility index (Phi) is 7.34. The van der Waals surface area contributed by atoms with Crippen molar-refractivity contribution in [1.82, 2.24) is 4.90 Å². The van der Waals surface area contributed by atoms with E-state index in [4.69, 9.17) is 32.7 Å². The third kappa shape index (κ3) is 5.27. The molecule has 1 aromatic carbocycles. The van der Waals surface area contributed by atoms with E-state index < -0.39 is 30.1 Å². The quantitative estimate of drug-likeness (QED) is 0.659. The molecule has 8 heteroatoms. The highest BCUT2D eigenvalue weighted by Crippen LogP contribution is 2.32. The van der Waals surface area contributed by atoms with Gasteiger partial charge in [0, 0.05) is 12.1 Å². The number of nitrogens with zero attached hydrogens (tertiary/aromatic N) is 2. The van der Waals surface area contributed by atoms with Crippen molar-refractivity contribution in [2.24, 2.45) is 0 Å². The number of halogens is 2. The molecule has 1 aliphatic carbocycles. The van der Waals surface area contributed by atoms with Gasteiger partial charge < -0.3 is 14.4 Å². The number of carbonyl (C=O) groups excluding carboxylic acids is 2. The fraction of sp³-hybridized carbons (Fsp3) is 0.526. The SMILES string of the molecule is C[C@@H](Oc1ccc(Cl)cc1Cl)C(=O)OCC(=O)N(C)C1(C#N)CCCCC1. The number of benzene rings is 1. The lowest BCUT2D eigenvalue weighted by atomic mass is 9.81. The Morgan fingerprint density at radius 3 is 2.56 bits per heavy atom. The molecule has 0 aromatic heterocycles. The molecular formula is C19H22Cl2N2O4. The molecule has 0 spiro atoms. The molecule has 0 N–H and O–H groups in total. The van der Waals surface area contributed by atoms with Crippen LogP contribution in [0.5, 0.6) is 5.75 Å². The maximum Gasteiger partial charge on any atom is 0.347 e. The predicted molar refractivity (Wildman–Crippen MR) is 102 cm³/mol. The number of esters is 1. The number of amides is 1. The minimum atomic E-state index is -0.957. The first-order valence-electron chi connectivity index (χ1n) is 8.75. The lowest BCUT2D eigenvalue weighted by Gasteiger charge is -2.38. The van der Waals surface area contributed by atoms with Crippen LogP contribution in [0.25, 0.3) is 0 Å². The topological polar surface area (TPSA) is 79.6 Å². The summed E-state index contributed by atoms with van der Waals surface area (Å²) in [7, 11) is 1.58. The summed E-state index contributed by atoms with van der Waals surface area (Å²) in [6, 6.07) is 6.90. The highest BCUT2D eigenvalue weighted by atomic mass is 35.5. The van der Waals surface area contributed by atoms with Gasteiger partial charge in [-0.05, 0) is 38.0 Å². The van der Waals surface area contributed by atoms with Crippen LogP contribution in [0.3, 0.4) is 0 Å². The van der Waals surface area contributed by atoms with Crippen molar-refractivity contribution in [3.63, 3.8) is 0 Å². The standard InChI is InChI=1S/C19H22Cl2N2O4/c1-13(27-16-7-6-14(20)10-15(16)21)18(25)26-11-17(24)23(2)19(12-22)8-4-3-5-9-19/h6-7,10,13H,3-5,8-9,11H2,1-2H3/t13-/m1/s1. The molecular weight excluding hydrogens is 391 g/mol. The monoisotopic (exact) mass is 412 g/mol. The Morgan fingerprint density at radius 2 is 1.96 bits per heavy atom. The van der Waals surface area contributed by atoms with Gasteiger partial charge in [-0.1, -0.05) is 42.5 Å². The molecule has 1 saturated carbocycles. The second-order valence-corrected chi connectivity index (χ2v) is 7.44. The van der Waals surface area contributed by atoms with E-state index in [9.17, 15) is 14.9 Å². The molecule has 2 rings (SSSR count). The summed E-state index contributed by atoms with van der Waals surface area (Å²) in [5, 5.41) is 10.3. The Morgan fingerprint density at radius 1 is 1.30 bits per heavy atom. The van der Waals surface area contributed by atoms with Crippen molar-refractivity contribution in [3.8, 4) is 11.8 Å². The molecule has 0 heterocycles. The maximum atomic E-state index is 12.4. The van der Waals surface area contributed by atoms with Gasteiger partial charge in [-0.2, -0.15) is 5.26 Å². The van der Waals surface area contributed by atoms with Crippen LogP contribution in [-0.4, -0.2) is 42.1 Å². The van der Waals surface area contributed by atoms with E-state index in [0.29, 0.717) is 23.6 Å². The molecule has 1 aliphatic rings. The van der Waals surface area contributed by atoms with Crippen LogP contribution >= 0.6 is 23.2 Å². The van der Waals surface area contributed by atoms with Gasteiger partial charge in [0.1, 0.15) is 11.3 Å². The van der Waals surface area contributed by atoms with E-state index >= 15 is 0 Å². The molecule has 0 saturated heterocycles. The number of ether oxygens (including phenoxy) is 2. The van der Waals surface area contributed by atoms with E-state index in [1.165, 1.54) is 17.9 Å². The Hall–Kier alpha value is -1.97. The second kappa shape index (κ2) is 9.29. The first-order chi connectivity index (χ1) is 12.8. The molecule has 1 fully saturated rings. The van der Waals surface area contributed by atoms with E-state index in [0.717, 1.165) is 19.3 Å². The first-order valence-corrected chi connectivity index (χ1v) is 9.51. The summed E-state index contributed by atoms with van der Waals surface area (Å²) in [5.74, 6) is -0.819. The van der Waals surface area contributed by atoms with Gasteiger partial charge in [-0.25, -0.2) is 4.79 Å². The van der Waals surface area contributed by atoms with Crippen molar-refractivity contribution < 1.29 is 19.1 Å². The minimum Gasteiger partial charge on any atom is -0.477 e. The van der Waals surface area contributed by atoms with Gasteiger partial charge in [-0.15, -0.1) is 0 Å². The maximum absolute atomic E-state index is 12.4. The highest BCUT2D eigenvalue weighted by molar-refractivity contribution is 6.35. The highest BCUT2D eigenvalue weighted by Gasteiger charge is 2.39. The minimum absolute atomic E-state index is 0.270. The normalized spacial score (nSPS) is 16.7. The fourth-order valence-corrected chi connectivity index (χ4v) is 3.51. The van der Waals surface area contributed by atoms with E-state index in [1.807, 2.05) is 0 Å². The van der Waals surface area contributed by atoms with Crippen LogP contribution in [-0.2, 0) is 14.3 Å². The zero-order valence-corrected chi connectivity index (χ0v) is 16.8. The predicted octanol–water partition coefficient (Wildman–Crippen LogP) is 3.99. The molecule has 6 nitrogen and oxygen atoms in total. The molecule has 1 aromatic rings. The third-order valence-corrected chi connectivity index (χ3v) is 5.30. The van der Waals surface area contributed by atoms with Gasteiger partial charge in [0.05, 0.1) is 11.1 Å². The lowest BCUT2D eigenvalue weighted by molar-refractivity contribution is -0.158. The number of rotatable bonds is 6. The zero-order chi connectivity index (χ0) is 20.0. The van der Waals surface area contributed by atoms with Gasteiger partial charge in [0.15, 0.2) is 12.7 Å². The van der Waals surface area contributed by atoms with Crippen molar-refractivity contribution in [2.75, 3.05) is 13.7 Å². The number of carbonyl (C=O) groups is 2. The third-order valence-electron chi connectivity index (χ3n) is 4.77. The average Bonchev–Trinajstić information content (AvgIpc) is 2.67. The van der Waals surface area contributed by atoms with Crippen LogP contribution in [0.4, 0.5) is 0 Å². The molecule has 146 valence electrons. The summed E-state index contributed by atoms with van der Waals surface area (Å²) in [4.78, 5) is 25.9. The molecule has 27 heavy (non-hydrogen) atoms. The molecule has 1 amide bonds. The Balaban J connectivity index is 1.90. The number of likely N-dealkylation sites (N-methyl/N-ethyl adjacent to an activating group) is 1. The fourth-order valence-electron chi connectivity index (χ4n) is 3.05. The summed E-state index contributed by atoms with van der Waals surface area (Å²) < 4.78 is 10.5. The van der Waals surface area contributed by atoms with Gasteiger partial charge in [-0.3, -0.25) is 4.79 Å². The van der Waals surface area contributed by atoms with E-state index in [2.05, 4.69) is 6.07 Å². The van der Waals surface area contributed by atoms with Crippen molar-refractivity contribution in [3.05, 3.63) is 28.2 Å². The van der Waals surface area contributed by atoms with Crippen molar-refractivity contribution in [2.45, 2.75) is 50.7 Å². The van der Waals surface area contributed by atoms with Crippen LogP contribution in [0, 0.1) is 11.3 Å². The summed E-state index contributed by atoms with van der Waals surface area (Å²) >= 11 is 11.8. The molecule has 0 aliphatic heterocycles. The number of nitriles is 1. The van der Waals surface area contributed by atoms with Crippen LogP contribution < -0.4 is 4.74 Å². The first kappa shape index (κ1) is 21.3. The van der Waals surface area contributed by atoms with E-state index in [-0.39, 0.29) is 5.02 Å². The van der Waals surface area contributed by atoms with Crippen LogP contribution in [0.2, 0.25) is 10.0 Å². The smallest absolute Gasteiger partial charge is 0.347 e. The number of hydrogen-bond acceptors (Lipinski definition) is 5. The largest absolute Gasteiger partial charge is 0.477 e. The number of hydrogen-bond donors (Lipinski definition) is 0. The summed E-state index contributed by atoms with van der Waals surface area (Å²) in [6.45, 7) is 1.06. The molecule has 1 atom stereocenters. The summed E-state index contributed by atoms with van der Waals surface area (Å²) in [6.07, 6.45) is 3.17. The Bertz CT molecular complexity index is 742. The molecule has 0 unspecified atom stereocenters. The van der Waals surface area contributed by atoms with Crippen LogP contribution in [0.1, 0.15) is 39.0 Å². The Labute approximate surface area is 168 Å². The van der Waals surface area contributed by atoms with Crippen molar-refractivity contribution in [1.29, 1.82) is 5.26 Å².